The van der Waals surface area contributed by atoms with E-state index in [0.717, 1.165) is 17.7 Å². The Labute approximate surface area is 143 Å². The van der Waals surface area contributed by atoms with Crippen molar-refractivity contribution in [3.8, 4) is 5.88 Å². The fourth-order valence-corrected chi connectivity index (χ4v) is 3.11. The van der Waals surface area contributed by atoms with Crippen LogP contribution in [0.4, 0.5) is 10.6 Å². The number of amides is 2. The van der Waals surface area contributed by atoms with Gasteiger partial charge in [-0.25, -0.2) is 22.7 Å². The molecule has 0 bridgehead atoms. The van der Waals surface area contributed by atoms with E-state index in [9.17, 15) is 18.0 Å². The van der Waals surface area contributed by atoms with Crippen LogP contribution >= 0.6 is 0 Å². The lowest BCUT2D eigenvalue weighted by Gasteiger charge is -2.11. The van der Waals surface area contributed by atoms with Gasteiger partial charge >= 0.3 is 12.0 Å². The van der Waals surface area contributed by atoms with Crippen molar-refractivity contribution in [1.82, 2.24) is 9.71 Å². The number of benzene rings is 1. The van der Waals surface area contributed by atoms with E-state index in [1.54, 1.807) is 17.7 Å². The summed E-state index contributed by atoms with van der Waals surface area (Å²) in [6.07, 6.45) is 0. The second-order valence-electron chi connectivity index (χ2n) is 4.93. The lowest BCUT2D eigenvalue weighted by molar-refractivity contribution is 0.0692. The number of hydrogen-bond donors (Lipinski definition) is 3. The van der Waals surface area contributed by atoms with E-state index in [1.165, 1.54) is 25.3 Å². The van der Waals surface area contributed by atoms with Gasteiger partial charge in [-0.3, -0.25) is 5.32 Å². The highest BCUT2D eigenvalue weighted by molar-refractivity contribution is 7.90. The van der Waals surface area contributed by atoms with Gasteiger partial charge in [-0.2, -0.15) is 4.98 Å². The van der Waals surface area contributed by atoms with Crippen LogP contribution in [0.2, 0.25) is 0 Å². The first-order valence-electron chi connectivity index (χ1n) is 6.92. The molecule has 0 saturated carbocycles. The molecular formula is C15H15N3O6S. The van der Waals surface area contributed by atoms with Gasteiger partial charge in [-0.05, 0) is 30.7 Å². The fourth-order valence-electron chi connectivity index (χ4n) is 2.00. The Morgan fingerprint density at radius 2 is 1.88 bits per heavy atom. The number of anilines is 1. The maximum absolute atomic E-state index is 12.3. The number of rotatable bonds is 5. The molecule has 2 rings (SSSR count). The van der Waals surface area contributed by atoms with E-state index in [4.69, 9.17) is 9.84 Å². The van der Waals surface area contributed by atoms with Crippen LogP contribution in [0.1, 0.15) is 15.9 Å². The van der Waals surface area contributed by atoms with Gasteiger partial charge in [0.1, 0.15) is 10.7 Å². The van der Waals surface area contributed by atoms with Gasteiger partial charge in [0.2, 0.25) is 5.88 Å². The molecule has 0 unspecified atom stereocenters. The summed E-state index contributed by atoms with van der Waals surface area (Å²) < 4.78 is 31.3. The Hall–Kier alpha value is -3.14. The predicted molar refractivity (Wildman–Crippen MR) is 88.3 cm³/mol. The van der Waals surface area contributed by atoms with Crippen LogP contribution in [0.25, 0.3) is 0 Å². The van der Waals surface area contributed by atoms with Crippen molar-refractivity contribution in [2.24, 2.45) is 0 Å². The van der Waals surface area contributed by atoms with Crippen LogP contribution in [0.3, 0.4) is 0 Å². The predicted octanol–water partition coefficient (Wildman–Crippen LogP) is 1.61. The number of nitrogens with zero attached hydrogens (tertiary/aromatic N) is 1. The molecule has 0 fully saturated rings. The van der Waals surface area contributed by atoms with Crippen molar-refractivity contribution in [3.05, 3.63) is 47.5 Å². The molecule has 9 nitrogen and oxygen atoms in total. The number of carboxylic acid groups (broad SMARTS) is 1. The van der Waals surface area contributed by atoms with Crippen LogP contribution in [-0.4, -0.2) is 37.6 Å². The molecule has 0 spiro atoms. The van der Waals surface area contributed by atoms with E-state index in [-0.39, 0.29) is 11.7 Å². The number of pyridine rings is 1. The summed E-state index contributed by atoms with van der Waals surface area (Å²) in [4.78, 5) is 26.5. The lowest BCUT2D eigenvalue weighted by Crippen LogP contribution is -2.35. The summed E-state index contributed by atoms with van der Waals surface area (Å²) in [5, 5.41) is 11.3. The molecular weight excluding hydrogens is 350 g/mol. The largest absolute Gasteiger partial charge is 0.481 e. The number of ether oxygens (including phenoxy) is 1. The highest BCUT2D eigenvalue weighted by Crippen LogP contribution is 2.17. The van der Waals surface area contributed by atoms with Crippen molar-refractivity contribution in [2.45, 2.75) is 11.8 Å². The average molecular weight is 365 g/mol. The summed E-state index contributed by atoms with van der Waals surface area (Å²) >= 11 is 0. The van der Waals surface area contributed by atoms with Gasteiger partial charge in [0, 0.05) is 6.07 Å². The van der Waals surface area contributed by atoms with Crippen LogP contribution in [0.5, 0.6) is 5.88 Å². The molecule has 2 aromatic rings. The molecule has 132 valence electrons. The van der Waals surface area contributed by atoms with Crippen LogP contribution < -0.4 is 14.8 Å². The first kappa shape index (κ1) is 18.2. The number of carbonyl (C=O) groups excluding carboxylic acids is 1. The zero-order valence-corrected chi connectivity index (χ0v) is 14.1. The molecule has 0 saturated heterocycles. The minimum Gasteiger partial charge on any atom is -0.481 e. The minimum absolute atomic E-state index is 0.0797. The van der Waals surface area contributed by atoms with Crippen molar-refractivity contribution < 1.29 is 27.9 Å². The van der Waals surface area contributed by atoms with Gasteiger partial charge in [0.05, 0.1) is 12.7 Å². The molecule has 1 aromatic carbocycles. The smallest absolute Gasteiger partial charge is 0.337 e. The normalized spacial score (nSPS) is 10.8. The number of aromatic nitrogens is 1. The summed E-state index contributed by atoms with van der Waals surface area (Å²) in [6.45, 7) is 1.74. The highest BCUT2D eigenvalue weighted by Gasteiger charge is 2.24. The molecule has 2 amide bonds. The molecule has 25 heavy (non-hydrogen) atoms. The van der Waals surface area contributed by atoms with Crippen molar-refractivity contribution >= 4 is 27.8 Å². The first-order valence-corrected chi connectivity index (χ1v) is 8.40. The number of methoxy groups -OCH3 is 1. The number of carboxylic acids is 1. The van der Waals surface area contributed by atoms with Gasteiger partial charge in [0.25, 0.3) is 10.0 Å². The van der Waals surface area contributed by atoms with E-state index < -0.39 is 32.5 Å². The van der Waals surface area contributed by atoms with Gasteiger partial charge < -0.3 is 9.84 Å². The zero-order valence-electron chi connectivity index (χ0n) is 13.3. The maximum Gasteiger partial charge on any atom is 0.337 e. The van der Waals surface area contributed by atoms with E-state index in [2.05, 4.69) is 10.3 Å². The summed E-state index contributed by atoms with van der Waals surface area (Å²) in [6, 6.07) is 7.01. The van der Waals surface area contributed by atoms with Gasteiger partial charge in [0.15, 0.2) is 0 Å². The van der Waals surface area contributed by atoms with Crippen LogP contribution in [-0.2, 0) is 10.0 Å². The Morgan fingerprint density at radius 1 is 1.20 bits per heavy atom. The third kappa shape index (κ3) is 4.44. The van der Waals surface area contributed by atoms with Crippen molar-refractivity contribution in [1.29, 1.82) is 0 Å². The number of nitrogens with one attached hydrogen (secondary N) is 2. The Bertz CT molecular complexity index is 927. The van der Waals surface area contributed by atoms with Gasteiger partial charge in [-0.1, -0.05) is 12.1 Å². The van der Waals surface area contributed by atoms with Gasteiger partial charge in [-0.15, -0.1) is 0 Å². The summed E-state index contributed by atoms with van der Waals surface area (Å²) in [5.41, 5.74) is 0.291. The number of hydrogen-bond acceptors (Lipinski definition) is 6. The second-order valence-corrected chi connectivity index (χ2v) is 6.58. The zero-order chi connectivity index (χ0) is 18.6. The fraction of sp³-hybridized carbons (Fsp3) is 0.133. The van der Waals surface area contributed by atoms with Crippen LogP contribution in [0.15, 0.2) is 41.3 Å². The number of sulfonamides is 1. The Kier molecular flexibility index (Phi) is 5.22. The second kappa shape index (κ2) is 7.18. The Morgan fingerprint density at radius 3 is 2.52 bits per heavy atom. The minimum atomic E-state index is -4.38. The third-order valence-electron chi connectivity index (χ3n) is 3.03. The summed E-state index contributed by atoms with van der Waals surface area (Å²) in [5.74, 6) is -1.10. The molecule has 1 aromatic heterocycles. The quantitative estimate of drug-likeness (QED) is 0.732. The van der Waals surface area contributed by atoms with E-state index in [1.807, 2.05) is 0 Å². The molecule has 0 atom stereocenters. The van der Waals surface area contributed by atoms with E-state index >= 15 is 0 Å². The van der Waals surface area contributed by atoms with Crippen molar-refractivity contribution in [2.75, 3.05) is 12.4 Å². The van der Waals surface area contributed by atoms with Crippen molar-refractivity contribution in [3.63, 3.8) is 0 Å². The summed E-state index contributed by atoms with van der Waals surface area (Å²) in [7, 11) is -2.98. The van der Waals surface area contributed by atoms with E-state index in [0.29, 0.717) is 0 Å². The number of aryl methyl sites for hydroxylation is 1. The Balaban J connectivity index is 2.23. The molecule has 10 heteroatoms. The maximum atomic E-state index is 12.3. The number of aromatic carboxylic acids is 1. The lowest BCUT2D eigenvalue weighted by atomic mass is 10.2. The van der Waals surface area contributed by atoms with Crippen LogP contribution in [0, 0.1) is 6.92 Å². The average Bonchev–Trinajstić information content (AvgIpc) is 2.53. The molecule has 0 aliphatic carbocycles. The third-order valence-corrected chi connectivity index (χ3v) is 4.42. The number of carbonyl (C=O) groups is 2. The molecule has 0 radical (unpaired) electrons. The highest BCUT2D eigenvalue weighted by atomic mass is 32.2. The monoisotopic (exact) mass is 365 g/mol. The molecule has 0 aliphatic rings. The number of urea groups is 1. The first-order chi connectivity index (χ1) is 11.7. The SMILES string of the molecule is COc1cc(C)cc(NC(=O)NS(=O)(=O)c2ccccc2C(=O)O)n1. The molecule has 1 heterocycles. The topological polar surface area (TPSA) is 135 Å². The standard InChI is InChI=1S/C15H15N3O6S/c1-9-7-12(16-13(8-9)24-2)17-15(21)18-25(22,23)11-6-4-3-5-10(11)14(19)20/h3-8H,1-2H3,(H,19,20)(H2,16,17,18,21). The molecule has 3 N–H and O–H groups in total. The molecule has 0 aliphatic heterocycles.